The van der Waals surface area contributed by atoms with Crippen LogP contribution in [0, 0.1) is 5.92 Å². The first-order valence-electron chi connectivity index (χ1n) is 8.92. The first-order chi connectivity index (χ1) is 12.0. The third-order valence-electron chi connectivity index (χ3n) is 5.47. The SMILES string of the molecule is CC1CN(CCc2ccccc2)C2NC3C(C(=O)NC(=O)N3C)N2C1. The molecular formula is C18H25N5O2. The highest BCUT2D eigenvalue weighted by Gasteiger charge is 2.54. The standard InChI is InChI=1S/C18H25N5O2/c1-12-10-22(9-8-13-6-4-3-5-7-13)17-19-15-14(23(17)11-12)16(24)20-18(25)21(15)2/h3-7,12,14-15,17,19H,8-11H2,1-2H3,(H,20,24,25). The maximum absolute atomic E-state index is 12.4. The highest BCUT2D eigenvalue weighted by molar-refractivity contribution is 6.00. The van der Waals surface area contributed by atoms with Crippen LogP contribution in [0.1, 0.15) is 12.5 Å². The number of urea groups is 1. The Hall–Kier alpha value is -1.96. The molecule has 0 aliphatic carbocycles. The molecule has 1 aromatic carbocycles. The number of fused-ring (bicyclic) bond motifs is 3. The summed E-state index contributed by atoms with van der Waals surface area (Å²) in [5, 5.41) is 5.98. The topological polar surface area (TPSA) is 67.9 Å². The Morgan fingerprint density at radius 1 is 1.16 bits per heavy atom. The van der Waals surface area contributed by atoms with Crippen LogP contribution < -0.4 is 10.6 Å². The molecule has 3 saturated heterocycles. The molecule has 3 aliphatic rings. The Labute approximate surface area is 147 Å². The molecule has 3 fully saturated rings. The first-order valence-corrected chi connectivity index (χ1v) is 8.92. The van der Waals surface area contributed by atoms with E-state index in [1.165, 1.54) is 5.56 Å². The number of rotatable bonds is 3. The average Bonchev–Trinajstić information content (AvgIpc) is 2.98. The molecular weight excluding hydrogens is 318 g/mol. The van der Waals surface area contributed by atoms with Crippen molar-refractivity contribution in [3.05, 3.63) is 35.9 Å². The Bertz CT molecular complexity index is 667. The molecule has 3 amide bonds. The number of nitrogens with zero attached hydrogens (tertiary/aromatic N) is 3. The lowest BCUT2D eigenvalue weighted by Crippen LogP contribution is -2.65. The fraction of sp³-hybridized carbons (Fsp3) is 0.556. The fourth-order valence-electron chi connectivity index (χ4n) is 4.26. The Kier molecular flexibility index (Phi) is 4.23. The molecule has 2 N–H and O–H groups in total. The van der Waals surface area contributed by atoms with E-state index < -0.39 is 0 Å². The predicted molar refractivity (Wildman–Crippen MR) is 93.4 cm³/mol. The van der Waals surface area contributed by atoms with Gasteiger partial charge in [0.15, 0.2) is 0 Å². The number of hydrogen-bond acceptors (Lipinski definition) is 5. The Morgan fingerprint density at radius 2 is 1.92 bits per heavy atom. The predicted octanol–water partition coefficient (Wildman–Crippen LogP) is 0.246. The molecule has 4 atom stereocenters. The number of carbonyl (C=O) groups excluding carboxylic acids is 2. The normalized spacial score (nSPS) is 33.1. The third-order valence-corrected chi connectivity index (χ3v) is 5.47. The Balaban J connectivity index is 1.52. The number of amides is 3. The van der Waals surface area contributed by atoms with Gasteiger partial charge in [0.05, 0.1) is 0 Å². The van der Waals surface area contributed by atoms with Crippen LogP contribution in [0.5, 0.6) is 0 Å². The van der Waals surface area contributed by atoms with E-state index in [9.17, 15) is 9.59 Å². The van der Waals surface area contributed by atoms with Crippen LogP contribution in [0.2, 0.25) is 0 Å². The quantitative estimate of drug-likeness (QED) is 0.823. The molecule has 0 aromatic heterocycles. The molecule has 4 unspecified atom stereocenters. The van der Waals surface area contributed by atoms with Gasteiger partial charge in [-0.05, 0) is 17.9 Å². The molecule has 0 spiro atoms. The van der Waals surface area contributed by atoms with Crippen LogP contribution in [-0.4, -0.2) is 71.8 Å². The van der Waals surface area contributed by atoms with E-state index in [0.29, 0.717) is 5.92 Å². The largest absolute Gasteiger partial charge is 0.325 e. The molecule has 0 radical (unpaired) electrons. The maximum Gasteiger partial charge on any atom is 0.325 e. The van der Waals surface area contributed by atoms with Crippen LogP contribution in [-0.2, 0) is 11.2 Å². The van der Waals surface area contributed by atoms with Crippen molar-refractivity contribution in [2.75, 3.05) is 26.7 Å². The summed E-state index contributed by atoms with van der Waals surface area (Å²) >= 11 is 0. The minimum absolute atomic E-state index is 0.00554. The van der Waals surface area contributed by atoms with Gasteiger partial charge in [-0.15, -0.1) is 0 Å². The van der Waals surface area contributed by atoms with E-state index in [0.717, 1.165) is 26.1 Å². The first kappa shape index (κ1) is 16.5. The summed E-state index contributed by atoms with van der Waals surface area (Å²) in [6.07, 6.45) is 0.695. The smallest absolute Gasteiger partial charge is 0.310 e. The van der Waals surface area contributed by atoms with Gasteiger partial charge in [0.1, 0.15) is 18.5 Å². The average molecular weight is 343 g/mol. The molecule has 7 nitrogen and oxygen atoms in total. The van der Waals surface area contributed by atoms with Gasteiger partial charge in [0, 0.05) is 26.7 Å². The van der Waals surface area contributed by atoms with Crippen LogP contribution in [0.3, 0.4) is 0 Å². The van der Waals surface area contributed by atoms with Gasteiger partial charge in [-0.2, -0.15) is 0 Å². The lowest BCUT2D eigenvalue weighted by molar-refractivity contribution is -0.130. The van der Waals surface area contributed by atoms with E-state index in [4.69, 9.17) is 0 Å². The highest BCUT2D eigenvalue weighted by atomic mass is 16.2. The van der Waals surface area contributed by atoms with Gasteiger partial charge in [-0.1, -0.05) is 37.3 Å². The van der Waals surface area contributed by atoms with E-state index in [1.54, 1.807) is 11.9 Å². The summed E-state index contributed by atoms with van der Waals surface area (Å²) in [5.74, 6) is 0.281. The van der Waals surface area contributed by atoms with Crippen LogP contribution in [0.15, 0.2) is 30.3 Å². The van der Waals surface area contributed by atoms with Crippen molar-refractivity contribution in [3.8, 4) is 0 Å². The molecule has 7 heteroatoms. The van der Waals surface area contributed by atoms with Crippen molar-refractivity contribution in [2.24, 2.45) is 5.92 Å². The molecule has 3 aliphatic heterocycles. The van der Waals surface area contributed by atoms with Gasteiger partial charge in [0.2, 0.25) is 5.91 Å². The zero-order chi connectivity index (χ0) is 17.6. The maximum atomic E-state index is 12.4. The number of benzene rings is 1. The number of carbonyl (C=O) groups is 2. The van der Waals surface area contributed by atoms with Crippen molar-refractivity contribution in [1.82, 2.24) is 25.3 Å². The van der Waals surface area contributed by atoms with E-state index in [2.05, 4.69) is 51.6 Å². The summed E-state index contributed by atoms with van der Waals surface area (Å²) in [7, 11) is 1.74. The number of hydrogen-bond donors (Lipinski definition) is 2. The summed E-state index contributed by atoms with van der Waals surface area (Å²) in [5.41, 5.74) is 1.31. The molecule has 3 heterocycles. The zero-order valence-corrected chi connectivity index (χ0v) is 14.7. The Morgan fingerprint density at radius 3 is 2.68 bits per heavy atom. The third kappa shape index (κ3) is 2.92. The summed E-state index contributed by atoms with van der Waals surface area (Å²) in [6, 6.07) is 9.79. The molecule has 25 heavy (non-hydrogen) atoms. The fourth-order valence-corrected chi connectivity index (χ4v) is 4.26. The van der Waals surface area contributed by atoms with Gasteiger partial charge < -0.3 is 4.90 Å². The second kappa shape index (κ2) is 6.40. The van der Waals surface area contributed by atoms with Crippen molar-refractivity contribution in [1.29, 1.82) is 0 Å². The van der Waals surface area contributed by atoms with Crippen LogP contribution in [0.4, 0.5) is 4.79 Å². The lowest BCUT2D eigenvalue weighted by atomic mass is 10.0. The molecule has 134 valence electrons. The number of likely N-dealkylation sites (N-methyl/N-ethyl adjacent to an activating group) is 1. The summed E-state index contributed by atoms with van der Waals surface area (Å²) in [6.45, 7) is 4.98. The van der Waals surface area contributed by atoms with Crippen molar-refractivity contribution < 1.29 is 9.59 Å². The minimum atomic E-state index is -0.331. The summed E-state index contributed by atoms with van der Waals surface area (Å²) < 4.78 is 0. The molecule has 0 saturated carbocycles. The van der Waals surface area contributed by atoms with E-state index >= 15 is 0 Å². The van der Waals surface area contributed by atoms with Crippen molar-refractivity contribution >= 4 is 11.9 Å². The molecule has 0 bridgehead atoms. The van der Waals surface area contributed by atoms with Crippen molar-refractivity contribution in [3.63, 3.8) is 0 Å². The number of imide groups is 1. The monoisotopic (exact) mass is 343 g/mol. The molecule has 4 rings (SSSR count). The van der Waals surface area contributed by atoms with Gasteiger partial charge in [-0.25, -0.2) is 4.79 Å². The second-order valence-corrected chi connectivity index (χ2v) is 7.37. The highest BCUT2D eigenvalue weighted by Crippen LogP contribution is 2.29. The van der Waals surface area contributed by atoms with Crippen molar-refractivity contribution in [2.45, 2.75) is 31.8 Å². The van der Waals surface area contributed by atoms with Gasteiger partial charge in [-0.3, -0.25) is 25.2 Å². The number of nitrogens with one attached hydrogen (secondary N) is 2. The van der Waals surface area contributed by atoms with Crippen LogP contribution in [0.25, 0.3) is 0 Å². The van der Waals surface area contributed by atoms with E-state index in [1.807, 2.05) is 6.07 Å². The van der Waals surface area contributed by atoms with Gasteiger partial charge >= 0.3 is 6.03 Å². The zero-order valence-electron chi connectivity index (χ0n) is 14.7. The summed E-state index contributed by atoms with van der Waals surface area (Å²) in [4.78, 5) is 30.6. The van der Waals surface area contributed by atoms with E-state index in [-0.39, 0.29) is 30.4 Å². The molecule has 1 aromatic rings. The second-order valence-electron chi connectivity index (χ2n) is 7.37. The lowest BCUT2D eigenvalue weighted by Gasteiger charge is -2.44. The minimum Gasteiger partial charge on any atom is -0.310 e. The van der Waals surface area contributed by atoms with Gasteiger partial charge in [0.25, 0.3) is 0 Å². The van der Waals surface area contributed by atoms with Crippen LogP contribution >= 0.6 is 0 Å².